The molecule has 0 atom stereocenters. The van der Waals surface area contributed by atoms with Crippen LogP contribution in [0.5, 0.6) is 0 Å². The van der Waals surface area contributed by atoms with Gasteiger partial charge in [0, 0.05) is 32.6 Å². The summed E-state index contributed by atoms with van der Waals surface area (Å²) >= 11 is 0. The molecule has 232 valence electrons. The SMILES string of the molecule is [B]c1c([B])c([B])c(-c2c([B])c([B])c3oc4c([B])c([B])c([B])c([B])c4c3c2-n2c3ccccc3c3cc(-n4c5ccccc5c5ccccc54)ccc32)c([B])c1[B]. The molecule has 0 spiro atoms. The molecule has 0 bridgehead atoms. The van der Waals surface area contributed by atoms with Crippen LogP contribution >= 0.6 is 0 Å². The number of para-hydroxylation sites is 3. The van der Waals surface area contributed by atoms with E-state index in [1.165, 1.54) is 0 Å². The molecule has 0 saturated carbocycles. The monoisotopic (exact) mass is 684 g/mol. The van der Waals surface area contributed by atoms with E-state index in [0.717, 1.165) is 49.3 Å². The van der Waals surface area contributed by atoms with Gasteiger partial charge in [0.05, 0.1) is 33.1 Å². The zero-order valence-electron chi connectivity index (χ0n) is 29.8. The number of hydrogen-bond acceptors (Lipinski definition) is 1. The summed E-state index contributed by atoms with van der Waals surface area (Å²) < 4.78 is 10.8. The summed E-state index contributed by atoms with van der Waals surface area (Å²) in [4.78, 5) is 0. The van der Waals surface area contributed by atoms with E-state index in [1.807, 2.05) is 34.9 Å². The van der Waals surface area contributed by atoms with Gasteiger partial charge < -0.3 is 13.6 Å². The summed E-state index contributed by atoms with van der Waals surface area (Å²) in [5.41, 5.74) is 6.82. The Balaban J connectivity index is 1.43. The highest BCUT2D eigenvalue weighted by molar-refractivity contribution is 6.70. The van der Waals surface area contributed by atoms with Crippen molar-refractivity contribution in [3.63, 3.8) is 0 Å². The second-order valence-electron chi connectivity index (χ2n) is 14.1. The second kappa shape index (κ2) is 12.3. The molecule has 0 aliphatic carbocycles. The molecule has 0 saturated heterocycles. The van der Waals surface area contributed by atoms with Crippen molar-refractivity contribution in [3.8, 4) is 22.5 Å². The third-order valence-electron chi connectivity index (χ3n) is 11.2. The van der Waals surface area contributed by atoms with Gasteiger partial charge in [0.25, 0.3) is 0 Å². The van der Waals surface area contributed by atoms with Crippen molar-refractivity contribution in [1.82, 2.24) is 9.13 Å². The van der Waals surface area contributed by atoms with Gasteiger partial charge in [-0.05, 0) is 47.5 Å². The van der Waals surface area contributed by atoms with E-state index in [-0.39, 0.29) is 76.8 Å². The minimum atomic E-state index is 0.0339. The first-order valence-corrected chi connectivity index (χ1v) is 17.6. The number of aromatic nitrogens is 2. The summed E-state index contributed by atoms with van der Waals surface area (Å²) in [5, 5.41) is 4.96. The summed E-state index contributed by atoms with van der Waals surface area (Å²) in [6.45, 7) is 0. The van der Waals surface area contributed by atoms with Gasteiger partial charge in [-0.1, -0.05) is 87.4 Å². The highest BCUT2D eigenvalue weighted by Gasteiger charge is 2.29. The summed E-state index contributed by atoms with van der Waals surface area (Å²) in [5.74, 6) is 0. The molecule has 3 aromatic heterocycles. The van der Waals surface area contributed by atoms with Crippen molar-refractivity contribution in [2.45, 2.75) is 0 Å². The van der Waals surface area contributed by atoms with E-state index in [2.05, 4.69) is 65.2 Å². The van der Waals surface area contributed by atoms with Gasteiger partial charge in [0.15, 0.2) is 0 Å². The number of fused-ring (bicyclic) bond motifs is 9. The average Bonchev–Trinajstić information content (AvgIpc) is 3.88. The lowest BCUT2D eigenvalue weighted by atomic mass is 9.58. The molecule has 56 heavy (non-hydrogen) atoms. The van der Waals surface area contributed by atoms with E-state index < -0.39 is 0 Å². The molecule has 10 rings (SSSR count). The maximum atomic E-state index is 7.07. The number of hydrogen-bond donors (Lipinski definition) is 0. The standard InChI is InChI=1S/C42H15B11N2O/c43-29-25(30(44)34(48)36(50)33(29)47)26-31(45)38(52)42-28(27-32(46)35(49)37(51)39(53)41(27)56-42)40(26)55-23-12-6-3-9-19(23)20-15-16(13-14-24(20)55)54-21-10-4-1-7-17(21)18-8-2-5-11-22(18)54/h1-15H. The van der Waals surface area contributed by atoms with Gasteiger partial charge in [-0.2, -0.15) is 0 Å². The minimum Gasteiger partial charge on any atom is -0.457 e. The largest absolute Gasteiger partial charge is 0.457 e. The fourth-order valence-corrected chi connectivity index (χ4v) is 8.49. The lowest BCUT2D eigenvalue weighted by Gasteiger charge is -2.27. The van der Waals surface area contributed by atoms with Crippen LogP contribution in [0.1, 0.15) is 0 Å². The first kappa shape index (κ1) is 35.1. The van der Waals surface area contributed by atoms with Gasteiger partial charge in [-0.15, -0.1) is 27.3 Å². The van der Waals surface area contributed by atoms with Gasteiger partial charge in [0.1, 0.15) is 97.5 Å². The molecule has 0 amide bonds. The normalized spacial score (nSPS) is 12.0. The van der Waals surface area contributed by atoms with E-state index in [1.54, 1.807) is 0 Å². The van der Waals surface area contributed by atoms with Crippen LogP contribution in [0.3, 0.4) is 0 Å². The van der Waals surface area contributed by atoms with Crippen LogP contribution in [0.2, 0.25) is 0 Å². The van der Waals surface area contributed by atoms with Crippen molar-refractivity contribution in [3.05, 3.63) is 91.0 Å². The number of nitrogens with zero attached hydrogens (tertiary/aromatic N) is 2. The van der Waals surface area contributed by atoms with Crippen LogP contribution in [-0.4, -0.2) is 95.4 Å². The minimum absolute atomic E-state index is 0.0339. The van der Waals surface area contributed by atoms with Crippen LogP contribution in [0.25, 0.3) is 88.1 Å². The van der Waals surface area contributed by atoms with Crippen molar-refractivity contribution in [2.24, 2.45) is 0 Å². The zero-order valence-corrected chi connectivity index (χ0v) is 29.8. The lowest BCUT2D eigenvalue weighted by molar-refractivity contribution is 0.674. The average molecular weight is 683 g/mol. The van der Waals surface area contributed by atoms with Crippen molar-refractivity contribution in [1.29, 1.82) is 0 Å². The Kier molecular flexibility index (Phi) is 7.72. The van der Waals surface area contributed by atoms with Gasteiger partial charge in [-0.3, -0.25) is 0 Å². The third kappa shape index (κ3) is 4.50. The smallest absolute Gasteiger partial charge is 0.129 e. The molecule has 3 heterocycles. The molecule has 7 aromatic carbocycles. The van der Waals surface area contributed by atoms with E-state index in [4.69, 9.17) is 90.7 Å². The molecule has 0 aliphatic rings. The quantitative estimate of drug-likeness (QED) is 0.202. The summed E-state index contributed by atoms with van der Waals surface area (Å²) in [6.07, 6.45) is 0. The number of benzene rings is 7. The Morgan fingerprint density at radius 3 is 1.34 bits per heavy atom. The fourth-order valence-electron chi connectivity index (χ4n) is 8.49. The van der Waals surface area contributed by atoms with Crippen LogP contribution in [-0.2, 0) is 0 Å². The summed E-state index contributed by atoms with van der Waals surface area (Å²) in [7, 11) is 72.9. The fraction of sp³-hybridized carbons (Fsp3) is 0. The molecule has 0 fully saturated rings. The molecule has 0 aliphatic heterocycles. The lowest BCUT2D eigenvalue weighted by Crippen LogP contribution is -2.55. The molecular formula is C42H15B11N2O. The maximum Gasteiger partial charge on any atom is 0.129 e. The van der Waals surface area contributed by atoms with Crippen LogP contribution in [0.15, 0.2) is 95.4 Å². The first-order chi connectivity index (χ1) is 26.9. The van der Waals surface area contributed by atoms with Gasteiger partial charge in [-0.25, -0.2) is 0 Å². The highest BCUT2D eigenvalue weighted by atomic mass is 16.3. The maximum absolute atomic E-state index is 7.07. The predicted molar refractivity (Wildman–Crippen MR) is 247 cm³/mol. The predicted octanol–water partition coefficient (Wildman–Crippen LogP) is -1.82. The zero-order chi connectivity index (χ0) is 39.1. The highest BCUT2D eigenvalue weighted by Crippen LogP contribution is 2.42. The Labute approximate surface area is 337 Å². The third-order valence-corrected chi connectivity index (χ3v) is 11.2. The molecule has 0 unspecified atom stereocenters. The van der Waals surface area contributed by atoms with Crippen LogP contribution in [0.4, 0.5) is 0 Å². The Morgan fingerprint density at radius 1 is 0.339 bits per heavy atom. The molecule has 10 aromatic rings. The number of rotatable bonds is 3. The Bertz CT molecular complexity index is 3310. The van der Waals surface area contributed by atoms with Gasteiger partial charge >= 0.3 is 0 Å². The van der Waals surface area contributed by atoms with Crippen molar-refractivity contribution >= 4 is 212 Å². The van der Waals surface area contributed by atoms with Gasteiger partial charge in [0.2, 0.25) is 0 Å². The molecule has 3 nitrogen and oxygen atoms in total. The topological polar surface area (TPSA) is 23.0 Å². The Morgan fingerprint density at radius 2 is 0.750 bits per heavy atom. The first-order valence-electron chi connectivity index (χ1n) is 17.6. The van der Waals surface area contributed by atoms with E-state index in [9.17, 15) is 0 Å². The molecule has 22 radical (unpaired) electrons. The van der Waals surface area contributed by atoms with Crippen molar-refractivity contribution < 1.29 is 4.42 Å². The Hall–Kier alpha value is -5.35. The number of furan rings is 1. The molecule has 0 N–H and O–H groups in total. The summed E-state index contributed by atoms with van der Waals surface area (Å²) in [6, 6.07) is 31.0. The van der Waals surface area contributed by atoms with E-state index >= 15 is 0 Å². The second-order valence-corrected chi connectivity index (χ2v) is 14.1. The molecular weight excluding hydrogens is 667 g/mol. The van der Waals surface area contributed by atoms with Crippen molar-refractivity contribution in [2.75, 3.05) is 0 Å². The van der Waals surface area contributed by atoms with E-state index in [0.29, 0.717) is 22.0 Å². The van der Waals surface area contributed by atoms with Crippen LogP contribution in [0, 0.1) is 0 Å². The van der Waals surface area contributed by atoms with Crippen LogP contribution < -0.4 is 60.1 Å². The molecule has 14 heteroatoms.